The first kappa shape index (κ1) is 23.3. The lowest BCUT2D eigenvalue weighted by atomic mass is 9.70. The standard InChI is InChI=1S/C22H30FN3O2.CO2/c1-2-3-4-13-27-19-6-5-18-20(26-19)16(17(23)14-25-18)7-8-22-11-9-21(24,10-12-22)15-28-22;2-1-3/h5-6,14H,2-4,7-13,15,24H2,1H3;. The van der Waals surface area contributed by atoms with Crippen LogP contribution in [0.5, 0.6) is 5.88 Å². The molecule has 1 aliphatic carbocycles. The Labute approximate surface area is 181 Å². The van der Waals surface area contributed by atoms with Crippen molar-refractivity contribution in [3.05, 3.63) is 29.7 Å². The number of ether oxygens (including phenoxy) is 2. The normalized spacial score (nSPS) is 24.4. The summed E-state index contributed by atoms with van der Waals surface area (Å²) in [6.45, 7) is 3.40. The molecule has 0 unspecified atom stereocenters. The van der Waals surface area contributed by atoms with Gasteiger partial charge in [-0.05, 0) is 51.0 Å². The summed E-state index contributed by atoms with van der Waals surface area (Å²) >= 11 is 0. The van der Waals surface area contributed by atoms with Gasteiger partial charge in [-0.2, -0.15) is 9.59 Å². The lowest BCUT2D eigenvalue weighted by Crippen LogP contribution is -2.59. The van der Waals surface area contributed by atoms with Crippen LogP contribution in [0, 0.1) is 5.82 Å². The number of nitrogens with zero attached hydrogens (tertiary/aromatic N) is 2. The van der Waals surface area contributed by atoms with Crippen LogP contribution in [0.25, 0.3) is 11.0 Å². The lowest BCUT2D eigenvalue weighted by molar-refractivity contribution is -0.191. The van der Waals surface area contributed by atoms with E-state index in [0.717, 1.165) is 51.4 Å². The van der Waals surface area contributed by atoms with Gasteiger partial charge in [-0.15, -0.1) is 0 Å². The molecule has 3 aliphatic rings. The zero-order valence-corrected chi connectivity index (χ0v) is 18.0. The van der Waals surface area contributed by atoms with E-state index in [1.165, 1.54) is 6.20 Å². The molecule has 5 rings (SSSR count). The number of hydrogen-bond donors (Lipinski definition) is 1. The van der Waals surface area contributed by atoms with Crippen molar-refractivity contribution >= 4 is 17.2 Å². The van der Waals surface area contributed by atoms with E-state index in [4.69, 9.17) is 24.8 Å². The molecule has 4 heterocycles. The minimum atomic E-state index is -0.306. The van der Waals surface area contributed by atoms with Gasteiger partial charge in [0.25, 0.3) is 0 Å². The number of aromatic nitrogens is 2. The SMILES string of the molecule is CCCCCOc1ccc2ncc(F)c(CCC34CCC(N)(CC3)CO4)c2n1.O=C=O. The van der Waals surface area contributed by atoms with Crippen LogP contribution in [0.1, 0.15) is 63.9 Å². The van der Waals surface area contributed by atoms with Gasteiger partial charge in [-0.1, -0.05) is 19.8 Å². The number of unbranched alkanes of at least 4 members (excludes halogenated alkanes) is 2. The molecule has 2 N–H and O–H groups in total. The third kappa shape index (κ3) is 5.64. The van der Waals surface area contributed by atoms with Crippen LogP contribution in [0.15, 0.2) is 18.3 Å². The highest BCUT2D eigenvalue weighted by atomic mass is 19.1. The Balaban J connectivity index is 0.000000858. The van der Waals surface area contributed by atoms with E-state index in [1.807, 2.05) is 12.1 Å². The van der Waals surface area contributed by atoms with Gasteiger partial charge in [-0.3, -0.25) is 4.98 Å². The largest absolute Gasteiger partial charge is 0.478 e. The van der Waals surface area contributed by atoms with E-state index in [1.54, 1.807) is 0 Å². The van der Waals surface area contributed by atoms with Crippen LogP contribution in [-0.4, -0.2) is 40.5 Å². The first-order chi connectivity index (χ1) is 14.9. The van der Waals surface area contributed by atoms with Crippen molar-refractivity contribution in [1.29, 1.82) is 0 Å². The summed E-state index contributed by atoms with van der Waals surface area (Å²) in [7, 11) is 0. The highest BCUT2D eigenvalue weighted by Crippen LogP contribution is 2.45. The maximum atomic E-state index is 14.7. The number of rotatable bonds is 8. The first-order valence-electron chi connectivity index (χ1n) is 10.9. The van der Waals surface area contributed by atoms with Gasteiger partial charge >= 0.3 is 6.15 Å². The van der Waals surface area contributed by atoms with Crippen LogP contribution in [0.3, 0.4) is 0 Å². The molecule has 31 heavy (non-hydrogen) atoms. The number of carbonyl (C=O) groups excluding carboxylic acids is 2. The van der Waals surface area contributed by atoms with Crippen LogP contribution in [0.2, 0.25) is 0 Å². The third-order valence-electron chi connectivity index (χ3n) is 6.39. The molecule has 8 heteroatoms. The summed E-state index contributed by atoms with van der Waals surface area (Å²) in [5, 5.41) is 0. The van der Waals surface area contributed by atoms with E-state index in [9.17, 15) is 4.39 Å². The molecule has 168 valence electrons. The smallest absolute Gasteiger partial charge is 0.373 e. The van der Waals surface area contributed by atoms with E-state index in [2.05, 4.69) is 16.9 Å². The molecule has 2 aromatic rings. The fourth-order valence-electron chi connectivity index (χ4n) is 4.39. The lowest BCUT2D eigenvalue weighted by Gasteiger charge is -2.51. The molecule has 0 atom stereocenters. The zero-order valence-electron chi connectivity index (χ0n) is 18.0. The summed E-state index contributed by atoms with van der Waals surface area (Å²) in [5.74, 6) is 0.231. The number of pyridine rings is 2. The molecule has 7 nitrogen and oxygen atoms in total. The molecule has 1 saturated carbocycles. The number of halogens is 1. The summed E-state index contributed by atoms with van der Waals surface area (Å²) in [5.41, 5.74) is 7.91. The van der Waals surface area contributed by atoms with Crippen molar-refractivity contribution in [3.63, 3.8) is 0 Å². The van der Waals surface area contributed by atoms with Crippen molar-refractivity contribution in [2.24, 2.45) is 5.73 Å². The Morgan fingerprint density at radius 2 is 1.97 bits per heavy atom. The fourth-order valence-corrected chi connectivity index (χ4v) is 4.39. The Bertz CT molecular complexity index is 906. The number of aryl methyl sites for hydroxylation is 1. The van der Waals surface area contributed by atoms with Gasteiger partial charge < -0.3 is 15.2 Å². The molecular weight excluding hydrogens is 401 g/mol. The molecular formula is C23H30FN3O4. The summed E-state index contributed by atoms with van der Waals surface area (Å²) in [6, 6.07) is 3.67. The van der Waals surface area contributed by atoms with Crippen molar-refractivity contribution in [2.75, 3.05) is 13.2 Å². The minimum Gasteiger partial charge on any atom is -0.478 e. The molecule has 0 radical (unpaired) electrons. The van der Waals surface area contributed by atoms with Gasteiger partial charge in [-0.25, -0.2) is 9.37 Å². The number of hydrogen-bond acceptors (Lipinski definition) is 7. The molecule has 2 bridgehead atoms. The Hall–Kier alpha value is -2.41. The highest BCUT2D eigenvalue weighted by Gasteiger charge is 2.47. The molecule has 2 saturated heterocycles. The molecule has 0 spiro atoms. The highest BCUT2D eigenvalue weighted by molar-refractivity contribution is 5.78. The van der Waals surface area contributed by atoms with E-state index >= 15 is 0 Å². The van der Waals surface area contributed by atoms with Crippen molar-refractivity contribution < 1.29 is 23.5 Å². The first-order valence-corrected chi connectivity index (χ1v) is 10.9. The monoisotopic (exact) mass is 431 g/mol. The minimum absolute atomic E-state index is 0.151. The second-order valence-electron chi connectivity index (χ2n) is 8.57. The molecule has 3 fully saturated rings. The van der Waals surface area contributed by atoms with Gasteiger partial charge in [0.05, 0.1) is 36.0 Å². The summed E-state index contributed by atoms with van der Waals surface area (Å²) in [6.07, 6.45) is 10.0. The summed E-state index contributed by atoms with van der Waals surface area (Å²) in [4.78, 5) is 25.0. The van der Waals surface area contributed by atoms with E-state index in [-0.39, 0.29) is 23.1 Å². The summed E-state index contributed by atoms with van der Waals surface area (Å²) < 4.78 is 26.6. The fraction of sp³-hybridized carbons (Fsp3) is 0.609. The van der Waals surface area contributed by atoms with Gasteiger partial charge in [0.2, 0.25) is 5.88 Å². The second kappa shape index (κ2) is 10.3. The van der Waals surface area contributed by atoms with E-state index in [0.29, 0.717) is 42.1 Å². The third-order valence-corrected chi connectivity index (χ3v) is 6.39. The second-order valence-corrected chi connectivity index (χ2v) is 8.57. The van der Waals surface area contributed by atoms with E-state index < -0.39 is 0 Å². The maximum Gasteiger partial charge on any atom is 0.373 e. The van der Waals surface area contributed by atoms with Crippen LogP contribution in [0.4, 0.5) is 4.39 Å². The average Bonchev–Trinajstić information content (AvgIpc) is 2.78. The molecule has 2 aliphatic heterocycles. The van der Waals surface area contributed by atoms with Crippen molar-refractivity contribution in [1.82, 2.24) is 9.97 Å². The van der Waals surface area contributed by atoms with Crippen LogP contribution in [-0.2, 0) is 20.7 Å². The topological polar surface area (TPSA) is 104 Å². The van der Waals surface area contributed by atoms with Crippen molar-refractivity contribution in [2.45, 2.75) is 75.9 Å². The van der Waals surface area contributed by atoms with Crippen LogP contribution >= 0.6 is 0 Å². The van der Waals surface area contributed by atoms with Gasteiger partial charge in [0, 0.05) is 17.2 Å². The Kier molecular flexibility index (Phi) is 7.70. The van der Waals surface area contributed by atoms with Crippen LogP contribution < -0.4 is 10.5 Å². The van der Waals surface area contributed by atoms with Gasteiger partial charge in [0.15, 0.2) is 0 Å². The quantitative estimate of drug-likeness (QED) is 0.635. The predicted octanol–water partition coefficient (Wildman–Crippen LogP) is 3.73. The Morgan fingerprint density at radius 1 is 1.23 bits per heavy atom. The average molecular weight is 432 g/mol. The predicted molar refractivity (Wildman–Crippen MR) is 112 cm³/mol. The maximum absolute atomic E-state index is 14.7. The molecule has 0 aromatic carbocycles. The molecule has 2 aromatic heterocycles. The Morgan fingerprint density at radius 3 is 2.61 bits per heavy atom. The number of fused-ring (bicyclic) bond motifs is 4. The zero-order chi connectivity index (χ0) is 22.3. The van der Waals surface area contributed by atoms with Gasteiger partial charge in [0.1, 0.15) is 5.82 Å². The molecule has 0 amide bonds. The number of nitrogens with two attached hydrogens (primary N) is 1. The van der Waals surface area contributed by atoms with Crippen molar-refractivity contribution in [3.8, 4) is 5.88 Å².